The lowest BCUT2D eigenvalue weighted by molar-refractivity contribution is -0.0658. The van der Waals surface area contributed by atoms with E-state index in [0.29, 0.717) is 11.1 Å². The van der Waals surface area contributed by atoms with Crippen LogP contribution in [0.5, 0.6) is 0 Å². The average Bonchev–Trinajstić information content (AvgIpc) is 3.22. The van der Waals surface area contributed by atoms with Crippen LogP contribution >= 0.6 is 22.6 Å². The summed E-state index contributed by atoms with van der Waals surface area (Å²) in [6.07, 6.45) is -2.67. The number of benzene rings is 2. The highest BCUT2D eigenvalue weighted by Gasteiger charge is 2.49. The van der Waals surface area contributed by atoms with Gasteiger partial charge < -0.3 is 18.9 Å². The Morgan fingerprint density at radius 3 is 2.17 bits per heavy atom. The van der Waals surface area contributed by atoms with E-state index in [1.807, 2.05) is 0 Å². The highest BCUT2D eigenvalue weighted by Crippen LogP contribution is 2.33. The van der Waals surface area contributed by atoms with Crippen molar-refractivity contribution in [3.63, 3.8) is 0 Å². The molecule has 1 saturated heterocycles. The van der Waals surface area contributed by atoms with E-state index in [0.717, 1.165) is 4.57 Å². The van der Waals surface area contributed by atoms with Gasteiger partial charge in [0.25, 0.3) is 5.56 Å². The van der Waals surface area contributed by atoms with Crippen LogP contribution in [0.15, 0.2) is 76.4 Å². The van der Waals surface area contributed by atoms with Crippen molar-refractivity contribution in [2.45, 2.75) is 24.5 Å². The Morgan fingerprint density at radius 1 is 0.971 bits per heavy atom. The van der Waals surface area contributed by atoms with E-state index in [1.54, 1.807) is 83.3 Å². The molecule has 0 unspecified atom stereocenters. The minimum absolute atomic E-state index is 0.248. The molecule has 2 heterocycles. The summed E-state index contributed by atoms with van der Waals surface area (Å²) in [6, 6.07) is 16.7. The lowest BCUT2D eigenvalue weighted by Crippen LogP contribution is -2.41. The number of methoxy groups -OCH3 is 1. The van der Waals surface area contributed by atoms with Gasteiger partial charge in [-0.1, -0.05) is 36.4 Å². The second kappa shape index (κ2) is 11.0. The summed E-state index contributed by atoms with van der Waals surface area (Å²) in [7, 11) is 1.38. The molecule has 0 spiro atoms. The maximum atomic E-state index is 12.8. The van der Waals surface area contributed by atoms with Gasteiger partial charge in [-0.25, -0.2) is 14.4 Å². The van der Waals surface area contributed by atoms with E-state index < -0.39 is 47.7 Å². The highest BCUT2D eigenvalue weighted by atomic mass is 127. The number of nitrogens with zero attached hydrogens (tertiary/aromatic N) is 1. The van der Waals surface area contributed by atoms with Crippen LogP contribution in [0.2, 0.25) is 0 Å². The van der Waals surface area contributed by atoms with E-state index >= 15 is 0 Å². The third-order valence-corrected chi connectivity index (χ3v) is 6.17. The number of aromatic nitrogens is 2. The van der Waals surface area contributed by atoms with Crippen molar-refractivity contribution >= 4 is 34.5 Å². The van der Waals surface area contributed by atoms with E-state index in [4.69, 9.17) is 18.9 Å². The van der Waals surface area contributed by atoms with Gasteiger partial charge in [0.1, 0.15) is 18.8 Å². The first kappa shape index (κ1) is 24.8. The van der Waals surface area contributed by atoms with Crippen LogP contribution in [0.4, 0.5) is 0 Å². The molecule has 4 atom stereocenters. The molecule has 11 heteroatoms. The number of hydrogen-bond acceptors (Lipinski definition) is 8. The first-order chi connectivity index (χ1) is 16.9. The van der Waals surface area contributed by atoms with Crippen LogP contribution in [0.25, 0.3) is 0 Å². The minimum atomic E-state index is -1.06. The SMILES string of the molecule is CO[C@@H]1[C@H](OC(=O)c2ccccc2)[C@@H](COC(=O)c2ccccc2)O[C@H]1n1cc(I)c(=O)[nH]c1=O. The predicted molar refractivity (Wildman–Crippen MR) is 131 cm³/mol. The van der Waals surface area contributed by atoms with Gasteiger partial charge in [0.2, 0.25) is 0 Å². The van der Waals surface area contributed by atoms with Crippen molar-refractivity contribution < 1.29 is 28.5 Å². The Hall–Kier alpha value is -3.29. The topological polar surface area (TPSA) is 126 Å². The van der Waals surface area contributed by atoms with Crippen LogP contribution in [0, 0.1) is 3.57 Å². The van der Waals surface area contributed by atoms with Gasteiger partial charge in [0.05, 0.1) is 14.7 Å². The molecule has 1 fully saturated rings. The molecule has 1 N–H and O–H groups in total. The van der Waals surface area contributed by atoms with E-state index in [-0.39, 0.29) is 10.2 Å². The van der Waals surface area contributed by atoms with Crippen molar-refractivity contribution in [3.8, 4) is 0 Å². The zero-order valence-electron chi connectivity index (χ0n) is 18.5. The van der Waals surface area contributed by atoms with E-state index in [2.05, 4.69) is 4.98 Å². The highest BCUT2D eigenvalue weighted by molar-refractivity contribution is 14.1. The number of hydrogen-bond donors (Lipinski definition) is 1. The number of ether oxygens (including phenoxy) is 4. The first-order valence-corrected chi connectivity index (χ1v) is 11.6. The van der Waals surface area contributed by atoms with Gasteiger partial charge in [0.15, 0.2) is 12.3 Å². The molecular weight excluding hydrogens is 571 g/mol. The number of nitrogens with one attached hydrogen (secondary N) is 1. The predicted octanol–water partition coefficient (Wildman–Crippen LogP) is 2.14. The van der Waals surface area contributed by atoms with Crippen molar-refractivity contribution in [2.24, 2.45) is 0 Å². The molecule has 0 radical (unpaired) electrons. The van der Waals surface area contributed by atoms with Gasteiger partial charge in [0, 0.05) is 13.3 Å². The maximum absolute atomic E-state index is 12.8. The Balaban J connectivity index is 1.62. The molecular formula is C24H21IN2O8. The van der Waals surface area contributed by atoms with Gasteiger partial charge in [-0.3, -0.25) is 14.3 Å². The molecule has 0 aliphatic carbocycles. The Kier molecular flexibility index (Phi) is 7.78. The van der Waals surface area contributed by atoms with Crippen molar-refractivity contribution in [1.29, 1.82) is 0 Å². The number of aromatic amines is 1. The van der Waals surface area contributed by atoms with E-state index in [9.17, 15) is 19.2 Å². The van der Waals surface area contributed by atoms with Gasteiger partial charge >= 0.3 is 17.6 Å². The number of carbonyl (C=O) groups is 2. The number of halogens is 1. The zero-order chi connectivity index (χ0) is 24.9. The normalized spacial score (nSPS) is 21.4. The molecule has 0 saturated carbocycles. The fourth-order valence-corrected chi connectivity index (χ4v) is 4.13. The van der Waals surface area contributed by atoms with Crippen molar-refractivity contribution in [1.82, 2.24) is 9.55 Å². The molecule has 2 aromatic carbocycles. The van der Waals surface area contributed by atoms with Crippen LogP contribution < -0.4 is 11.2 Å². The number of H-pyrrole nitrogens is 1. The Morgan fingerprint density at radius 2 is 1.57 bits per heavy atom. The molecule has 35 heavy (non-hydrogen) atoms. The second-order valence-electron chi connectivity index (χ2n) is 7.61. The molecule has 182 valence electrons. The molecule has 1 aliphatic rings. The van der Waals surface area contributed by atoms with Crippen LogP contribution in [0.3, 0.4) is 0 Å². The molecule has 0 bridgehead atoms. The lowest BCUT2D eigenvalue weighted by Gasteiger charge is -2.23. The van der Waals surface area contributed by atoms with E-state index in [1.165, 1.54) is 13.3 Å². The fourth-order valence-electron chi connectivity index (χ4n) is 3.69. The Labute approximate surface area is 212 Å². The molecule has 3 aromatic rings. The molecule has 0 amide bonds. The zero-order valence-corrected chi connectivity index (χ0v) is 20.6. The number of carbonyl (C=O) groups excluding carboxylic acids is 2. The molecule has 4 rings (SSSR count). The third-order valence-electron chi connectivity index (χ3n) is 5.40. The van der Waals surface area contributed by atoms with Gasteiger partial charge in [-0.2, -0.15) is 0 Å². The summed E-state index contributed by atoms with van der Waals surface area (Å²) >= 11 is 1.79. The third kappa shape index (κ3) is 5.52. The summed E-state index contributed by atoms with van der Waals surface area (Å²) in [4.78, 5) is 51.9. The van der Waals surface area contributed by atoms with Crippen LogP contribution in [-0.2, 0) is 18.9 Å². The fraction of sp³-hybridized carbons (Fsp3) is 0.250. The minimum Gasteiger partial charge on any atom is -0.459 e. The summed E-state index contributed by atoms with van der Waals surface area (Å²) in [5, 5.41) is 0. The summed E-state index contributed by atoms with van der Waals surface area (Å²) in [5.74, 6) is -1.22. The van der Waals surface area contributed by atoms with Crippen molar-refractivity contribution in [3.05, 3.63) is 102 Å². The second-order valence-corrected chi connectivity index (χ2v) is 8.77. The molecule has 1 aromatic heterocycles. The smallest absolute Gasteiger partial charge is 0.338 e. The van der Waals surface area contributed by atoms with Gasteiger partial charge in [-0.15, -0.1) is 0 Å². The summed E-state index contributed by atoms with van der Waals surface area (Å²) < 4.78 is 24.1. The quantitative estimate of drug-likeness (QED) is 0.327. The van der Waals surface area contributed by atoms with Crippen LogP contribution in [0.1, 0.15) is 26.9 Å². The largest absolute Gasteiger partial charge is 0.459 e. The molecule has 10 nitrogen and oxygen atoms in total. The monoisotopic (exact) mass is 592 g/mol. The van der Waals surface area contributed by atoms with Gasteiger partial charge in [-0.05, 0) is 46.9 Å². The maximum Gasteiger partial charge on any atom is 0.338 e. The standard InChI is InChI=1S/C24H21IN2O8/c1-32-19-18(35-23(30)15-10-6-3-7-11-15)17(13-33-22(29)14-8-4-2-5-9-14)34-21(19)27-12-16(25)20(28)26-24(27)31/h2-12,17-19,21H,13H2,1H3,(H,26,28,31)/t17-,18-,19-,21-/m1/s1. The molecule has 1 aliphatic heterocycles. The van der Waals surface area contributed by atoms with Crippen LogP contribution in [-0.4, -0.2) is 53.5 Å². The van der Waals surface area contributed by atoms with Crippen molar-refractivity contribution in [2.75, 3.05) is 13.7 Å². The summed E-state index contributed by atoms with van der Waals surface area (Å²) in [6.45, 7) is -0.272. The average molecular weight is 592 g/mol. The first-order valence-electron chi connectivity index (χ1n) is 10.6. The Bertz CT molecular complexity index is 1310. The summed E-state index contributed by atoms with van der Waals surface area (Å²) in [5.41, 5.74) is -0.618. The lowest BCUT2D eigenvalue weighted by atomic mass is 10.1. The number of esters is 2. The number of rotatable bonds is 7.